The Kier molecular flexibility index (Phi) is 6.68. The summed E-state index contributed by atoms with van der Waals surface area (Å²) in [4.78, 5) is 12.8. The average molecular weight is 445 g/mol. The molecule has 0 saturated heterocycles. The van der Waals surface area contributed by atoms with Crippen LogP contribution < -0.4 is 14.9 Å². The van der Waals surface area contributed by atoms with Crippen LogP contribution in [0.3, 0.4) is 0 Å². The van der Waals surface area contributed by atoms with Crippen LogP contribution in [0.1, 0.15) is 21.5 Å². The molecule has 0 bridgehead atoms. The summed E-state index contributed by atoms with van der Waals surface area (Å²) in [6.45, 7) is 0.250. The highest BCUT2D eigenvalue weighted by atomic mass is 35.5. The molecule has 0 unspecified atom stereocenters. The fraction of sp³-hybridized carbons (Fsp3) is 0.0769. The van der Waals surface area contributed by atoms with Gasteiger partial charge in [0.2, 0.25) is 0 Å². The van der Waals surface area contributed by atoms with Gasteiger partial charge in [-0.3, -0.25) is 4.79 Å². The second kappa shape index (κ2) is 9.98. The maximum absolute atomic E-state index is 12.8. The van der Waals surface area contributed by atoms with Gasteiger partial charge in [-0.25, -0.2) is 5.43 Å². The van der Waals surface area contributed by atoms with Crippen molar-refractivity contribution in [2.75, 3.05) is 7.11 Å². The Morgan fingerprint density at radius 1 is 0.938 bits per heavy atom. The Morgan fingerprint density at radius 3 is 2.53 bits per heavy atom. The highest BCUT2D eigenvalue weighted by molar-refractivity contribution is 6.31. The predicted molar refractivity (Wildman–Crippen MR) is 128 cm³/mol. The summed E-state index contributed by atoms with van der Waals surface area (Å²) in [5, 5.41) is 6.82. The van der Waals surface area contributed by atoms with Crippen molar-refractivity contribution in [2.45, 2.75) is 6.61 Å². The van der Waals surface area contributed by atoms with E-state index < -0.39 is 0 Å². The number of amides is 1. The van der Waals surface area contributed by atoms with Gasteiger partial charge in [0.1, 0.15) is 18.1 Å². The molecule has 0 saturated carbocycles. The number of methoxy groups -OCH3 is 1. The molecule has 4 aromatic rings. The molecule has 0 aliphatic heterocycles. The smallest absolute Gasteiger partial charge is 0.275 e. The first kappa shape index (κ1) is 21.4. The molecule has 0 aliphatic carbocycles. The Hall–Kier alpha value is -3.83. The van der Waals surface area contributed by atoms with Crippen LogP contribution in [0.15, 0.2) is 90.0 Å². The lowest BCUT2D eigenvalue weighted by atomic mass is 10.0. The molecule has 6 heteroatoms. The minimum Gasteiger partial charge on any atom is -0.496 e. The largest absolute Gasteiger partial charge is 0.496 e. The highest BCUT2D eigenvalue weighted by Gasteiger charge is 2.13. The zero-order valence-electron chi connectivity index (χ0n) is 17.4. The summed E-state index contributed by atoms with van der Waals surface area (Å²) in [5.74, 6) is 0.739. The molecule has 0 fully saturated rings. The van der Waals surface area contributed by atoms with Gasteiger partial charge in [-0.1, -0.05) is 72.3 Å². The van der Waals surface area contributed by atoms with Crippen LogP contribution in [-0.2, 0) is 6.61 Å². The zero-order valence-corrected chi connectivity index (χ0v) is 18.2. The minimum absolute atomic E-state index is 0.250. The van der Waals surface area contributed by atoms with Crippen molar-refractivity contribution < 1.29 is 14.3 Å². The van der Waals surface area contributed by atoms with Crippen molar-refractivity contribution in [1.29, 1.82) is 0 Å². The SMILES string of the molecule is COc1ccc2ccccc2c1/C=N\NC(=O)c1ccccc1OCc1ccccc1Cl. The van der Waals surface area contributed by atoms with Gasteiger partial charge in [0.15, 0.2) is 0 Å². The van der Waals surface area contributed by atoms with Crippen molar-refractivity contribution in [2.24, 2.45) is 5.10 Å². The topological polar surface area (TPSA) is 59.9 Å². The zero-order chi connectivity index (χ0) is 22.3. The molecule has 4 rings (SSSR count). The number of carbonyl (C=O) groups excluding carboxylic acids is 1. The van der Waals surface area contributed by atoms with Gasteiger partial charge >= 0.3 is 0 Å². The normalized spacial score (nSPS) is 10.9. The molecule has 0 atom stereocenters. The molecular formula is C26H21ClN2O3. The van der Waals surface area contributed by atoms with E-state index >= 15 is 0 Å². The Bertz CT molecular complexity index is 1290. The lowest BCUT2D eigenvalue weighted by molar-refractivity contribution is 0.0950. The number of nitrogens with one attached hydrogen (secondary N) is 1. The Labute approximate surface area is 191 Å². The van der Waals surface area contributed by atoms with Crippen molar-refractivity contribution in [3.63, 3.8) is 0 Å². The van der Waals surface area contributed by atoms with Gasteiger partial charge in [0.25, 0.3) is 5.91 Å². The number of fused-ring (bicyclic) bond motifs is 1. The number of hydrogen-bond donors (Lipinski definition) is 1. The van der Waals surface area contributed by atoms with Crippen LogP contribution in [0.4, 0.5) is 0 Å². The summed E-state index contributed by atoms with van der Waals surface area (Å²) < 4.78 is 11.3. The first-order valence-corrected chi connectivity index (χ1v) is 10.4. The van der Waals surface area contributed by atoms with Crippen LogP contribution in [0, 0.1) is 0 Å². The van der Waals surface area contributed by atoms with Gasteiger partial charge in [-0.2, -0.15) is 5.10 Å². The van der Waals surface area contributed by atoms with Crippen LogP contribution in [-0.4, -0.2) is 19.2 Å². The van der Waals surface area contributed by atoms with E-state index in [0.717, 1.165) is 21.9 Å². The number of nitrogens with zero attached hydrogens (tertiary/aromatic N) is 1. The predicted octanol–water partition coefficient (Wildman–Crippen LogP) is 5.84. The fourth-order valence-electron chi connectivity index (χ4n) is 3.35. The summed E-state index contributed by atoms with van der Waals surface area (Å²) >= 11 is 6.20. The second-order valence-electron chi connectivity index (χ2n) is 6.98. The molecule has 0 spiro atoms. The minimum atomic E-state index is -0.379. The van der Waals surface area contributed by atoms with Crippen LogP contribution in [0.2, 0.25) is 5.02 Å². The third-order valence-electron chi connectivity index (χ3n) is 4.98. The standard InChI is InChI=1S/C26H21ClN2O3/c1-31-24-15-14-18-8-2-4-10-20(18)22(24)16-28-29-26(30)21-11-5-7-13-25(21)32-17-19-9-3-6-12-23(19)27/h2-16H,17H2,1H3,(H,29,30)/b28-16-. The Morgan fingerprint density at radius 2 is 1.69 bits per heavy atom. The van der Waals surface area contributed by atoms with E-state index in [9.17, 15) is 4.79 Å². The molecule has 5 nitrogen and oxygen atoms in total. The maximum Gasteiger partial charge on any atom is 0.275 e. The third-order valence-corrected chi connectivity index (χ3v) is 5.35. The maximum atomic E-state index is 12.8. The molecule has 4 aromatic carbocycles. The summed E-state index contributed by atoms with van der Waals surface area (Å²) in [7, 11) is 1.60. The lowest BCUT2D eigenvalue weighted by Crippen LogP contribution is -2.18. The number of benzene rings is 4. The number of rotatable bonds is 7. The third kappa shape index (κ3) is 4.74. The van der Waals surface area contributed by atoms with Gasteiger partial charge < -0.3 is 9.47 Å². The van der Waals surface area contributed by atoms with Crippen LogP contribution >= 0.6 is 11.6 Å². The number of ether oxygens (including phenoxy) is 2. The highest BCUT2D eigenvalue weighted by Crippen LogP contribution is 2.26. The van der Waals surface area contributed by atoms with Crippen LogP contribution in [0.25, 0.3) is 10.8 Å². The van der Waals surface area contributed by atoms with Gasteiger partial charge in [0.05, 0.1) is 18.9 Å². The fourth-order valence-corrected chi connectivity index (χ4v) is 3.54. The molecule has 0 aromatic heterocycles. The average Bonchev–Trinajstić information content (AvgIpc) is 2.83. The number of carbonyl (C=O) groups is 1. The molecule has 160 valence electrons. The molecule has 1 amide bonds. The molecule has 0 heterocycles. The van der Waals surface area contributed by atoms with E-state index in [2.05, 4.69) is 10.5 Å². The molecule has 0 aliphatic rings. The van der Waals surface area contributed by atoms with Crippen molar-refractivity contribution in [3.8, 4) is 11.5 Å². The van der Waals surface area contributed by atoms with Gasteiger partial charge in [-0.15, -0.1) is 0 Å². The van der Waals surface area contributed by atoms with Crippen molar-refractivity contribution in [1.82, 2.24) is 5.43 Å². The second-order valence-corrected chi connectivity index (χ2v) is 7.39. The summed E-state index contributed by atoms with van der Waals surface area (Å²) in [5.41, 5.74) is 4.58. The molecule has 1 N–H and O–H groups in total. The van der Waals surface area contributed by atoms with Crippen molar-refractivity contribution in [3.05, 3.63) is 107 Å². The van der Waals surface area contributed by atoms with Crippen molar-refractivity contribution >= 4 is 34.5 Å². The first-order chi connectivity index (χ1) is 15.7. The van der Waals surface area contributed by atoms with E-state index in [-0.39, 0.29) is 12.5 Å². The number of para-hydroxylation sites is 1. The number of hydrazone groups is 1. The molecular weight excluding hydrogens is 424 g/mol. The van der Waals surface area contributed by atoms with Gasteiger partial charge in [-0.05, 0) is 35.0 Å². The number of halogens is 1. The van der Waals surface area contributed by atoms with E-state index in [1.54, 1.807) is 37.6 Å². The van der Waals surface area contributed by atoms with E-state index in [1.807, 2.05) is 60.7 Å². The lowest BCUT2D eigenvalue weighted by Gasteiger charge is -2.11. The first-order valence-electron chi connectivity index (χ1n) is 10.0. The Balaban J connectivity index is 1.51. The van der Waals surface area contributed by atoms with Gasteiger partial charge in [0, 0.05) is 16.1 Å². The monoisotopic (exact) mass is 444 g/mol. The quantitative estimate of drug-likeness (QED) is 0.287. The number of hydrogen-bond acceptors (Lipinski definition) is 4. The molecule has 0 radical (unpaired) electrons. The molecule has 32 heavy (non-hydrogen) atoms. The summed E-state index contributed by atoms with van der Waals surface area (Å²) in [6, 6.07) is 26.2. The van der Waals surface area contributed by atoms with E-state index in [0.29, 0.717) is 22.1 Å². The van der Waals surface area contributed by atoms with E-state index in [4.69, 9.17) is 21.1 Å². The summed E-state index contributed by atoms with van der Waals surface area (Å²) in [6.07, 6.45) is 1.59. The van der Waals surface area contributed by atoms with E-state index in [1.165, 1.54) is 0 Å². The van der Waals surface area contributed by atoms with Crippen LogP contribution in [0.5, 0.6) is 11.5 Å².